The van der Waals surface area contributed by atoms with E-state index in [1.54, 1.807) is 7.05 Å². The van der Waals surface area contributed by atoms with Gasteiger partial charge >= 0.3 is 5.97 Å². The van der Waals surface area contributed by atoms with Crippen LogP contribution < -0.4 is 0 Å². The summed E-state index contributed by atoms with van der Waals surface area (Å²) in [5, 5.41) is 19.9. The zero-order chi connectivity index (χ0) is 9.84. The lowest BCUT2D eigenvalue weighted by molar-refractivity contribution is -0.137. The largest absolute Gasteiger partial charge is 0.481 e. The number of carboxylic acid groups (broad SMARTS) is 1. The number of carbonyl (C=O) groups is 1. The Labute approximate surface area is 75.6 Å². The first-order valence-corrected chi connectivity index (χ1v) is 4.02. The minimum Gasteiger partial charge on any atom is -0.481 e. The maximum absolute atomic E-state index is 10.3. The fourth-order valence-corrected chi connectivity index (χ4v) is 1.09. The van der Waals surface area contributed by atoms with Crippen LogP contribution in [0.15, 0.2) is 0 Å². The third-order valence-corrected chi connectivity index (χ3v) is 1.60. The fraction of sp³-hybridized carbons (Fsp3) is 0.714. The molecule has 0 amide bonds. The van der Waals surface area contributed by atoms with Crippen molar-refractivity contribution in [2.24, 2.45) is 13.0 Å². The molecule has 1 unspecified atom stereocenters. The van der Waals surface area contributed by atoms with E-state index in [0.717, 1.165) is 0 Å². The van der Waals surface area contributed by atoms with Gasteiger partial charge in [0.15, 0.2) is 5.82 Å². The maximum Gasteiger partial charge on any atom is 0.303 e. The number of tetrazole rings is 1. The second kappa shape index (κ2) is 3.97. The first-order valence-electron chi connectivity index (χ1n) is 4.02. The zero-order valence-electron chi connectivity index (χ0n) is 7.64. The first kappa shape index (κ1) is 9.63. The summed E-state index contributed by atoms with van der Waals surface area (Å²) < 4.78 is 0. The molecule has 1 N–H and O–H groups in total. The van der Waals surface area contributed by atoms with E-state index >= 15 is 0 Å². The van der Waals surface area contributed by atoms with Gasteiger partial charge in [-0.1, -0.05) is 6.92 Å². The predicted octanol–water partition coefficient (Wildman–Crippen LogP) is -0.137. The average Bonchev–Trinajstić information content (AvgIpc) is 2.33. The van der Waals surface area contributed by atoms with Crippen molar-refractivity contribution in [3.8, 4) is 0 Å². The fourth-order valence-electron chi connectivity index (χ4n) is 1.09. The number of aryl methyl sites for hydroxylation is 1. The van der Waals surface area contributed by atoms with Gasteiger partial charge in [0.2, 0.25) is 0 Å². The van der Waals surface area contributed by atoms with Crippen LogP contribution >= 0.6 is 0 Å². The molecule has 0 saturated carbocycles. The number of aliphatic carboxylic acids is 1. The van der Waals surface area contributed by atoms with Gasteiger partial charge in [-0.25, -0.2) is 0 Å². The molecule has 1 atom stereocenters. The molecule has 1 heterocycles. The molecule has 0 aliphatic carbocycles. The van der Waals surface area contributed by atoms with Gasteiger partial charge in [-0.2, -0.15) is 4.80 Å². The molecule has 0 radical (unpaired) electrons. The highest BCUT2D eigenvalue weighted by atomic mass is 16.4. The van der Waals surface area contributed by atoms with Gasteiger partial charge in [0, 0.05) is 12.8 Å². The molecule has 0 spiro atoms. The molecular weight excluding hydrogens is 172 g/mol. The van der Waals surface area contributed by atoms with E-state index in [-0.39, 0.29) is 12.3 Å². The SMILES string of the molecule is CC(CC(=O)O)Cc1nnn(C)n1. The van der Waals surface area contributed by atoms with Gasteiger partial charge in [0.05, 0.1) is 7.05 Å². The molecular formula is C7H12N4O2. The van der Waals surface area contributed by atoms with Crippen molar-refractivity contribution < 1.29 is 9.90 Å². The Kier molecular flexibility index (Phi) is 2.94. The van der Waals surface area contributed by atoms with Crippen molar-refractivity contribution in [1.82, 2.24) is 20.2 Å². The summed E-state index contributed by atoms with van der Waals surface area (Å²) in [6.45, 7) is 1.85. The van der Waals surface area contributed by atoms with Gasteiger partial charge in [-0.05, 0) is 11.1 Å². The van der Waals surface area contributed by atoms with E-state index in [4.69, 9.17) is 5.11 Å². The van der Waals surface area contributed by atoms with Gasteiger partial charge in [0.1, 0.15) is 0 Å². The first-order chi connectivity index (χ1) is 6.08. The van der Waals surface area contributed by atoms with Crippen LogP contribution in [0.2, 0.25) is 0 Å². The lowest BCUT2D eigenvalue weighted by atomic mass is 10.0. The lowest BCUT2D eigenvalue weighted by Crippen LogP contribution is -2.08. The van der Waals surface area contributed by atoms with Crippen LogP contribution in [0.5, 0.6) is 0 Å². The Bertz CT molecular complexity index is 296. The molecule has 6 heteroatoms. The molecule has 0 fully saturated rings. The highest BCUT2D eigenvalue weighted by Gasteiger charge is 2.11. The molecule has 6 nitrogen and oxygen atoms in total. The Morgan fingerprint density at radius 2 is 2.38 bits per heavy atom. The number of carboxylic acids is 1. The highest BCUT2D eigenvalue weighted by molar-refractivity contribution is 5.66. The topological polar surface area (TPSA) is 80.9 Å². The molecule has 0 aromatic carbocycles. The Morgan fingerprint density at radius 1 is 1.69 bits per heavy atom. The van der Waals surface area contributed by atoms with Crippen molar-refractivity contribution in [2.45, 2.75) is 19.8 Å². The van der Waals surface area contributed by atoms with Crippen molar-refractivity contribution in [1.29, 1.82) is 0 Å². The van der Waals surface area contributed by atoms with E-state index in [0.29, 0.717) is 12.2 Å². The molecule has 1 rings (SSSR count). The smallest absolute Gasteiger partial charge is 0.303 e. The number of rotatable bonds is 4. The minimum atomic E-state index is -0.795. The Balaban J connectivity index is 2.44. The molecule has 1 aromatic heterocycles. The molecule has 0 aliphatic heterocycles. The normalized spacial score (nSPS) is 12.8. The van der Waals surface area contributed by atoms with Crippen LogP contribution in [0, 0.1) is 5.92 Å². The summed E-state index contributed by atoms with van der Waals surface area (Å²) in [6.07, 6.45) is 0.693. The lowest BCUT2D eigenvalue weighted by Gasteiger charge is -2.03. The summed E-state index contributed by atoms with van der Waals surface area (Å²) >= 11 is 0. The molecule has 0 bridgehead atoms. The second-order valence-corrected chi connectivity index (χ2v) is 3.10. The summed E-state index contributed by atoms with van der Waals surface area (Å²) in [7, 11) is 1.68. The van der Waals surface area contributed by atoms with Crippen molar-refractivity contribution >= 4 is 5.97 Å². The standard InChI is InChI=1S/C7H12N4O2/c1-5(4-7(12)13)3-6-8-10-11(2)9-6/h5H,3-4H2,1-2H3,(H,12,13). The summed E-state index contributed by atoms with van der Waals surface area (Å²) in [6, 6.07) is 0. The van der Waals surface area contributed by atoms with Crippen LogP contribution in [0.1, 0.15) is 19.2 Å². The maximum atomic E-state index is 10.3. The number of hydrogen-bond acceptors (Lipinski definition) is 4. The van der Waals surface area contributed by atoms with Gasteiger partial charge in [-0.3, -0.25) is 4.79 Å². The highest BCUT2D eigenvalue weighted by Crippen LogP contribution is 2.06. The summed E-state index contributed by atoms with van der Waals surface area (Å²) in [5.74, 6) is -0.158. The van der Waals surface area contributed by atoms with Crippen LogP contribution in [-0.4, -0.2) is 31.3 Å². The molecule has 0 aliphatic rings. The van der Waals surface area contributed by atoms with E-state index < -0.39 is 5.97 Å². The third kappa shape index (κ3) is 3.18. The van der Waals surface area contributed by atoms with Crippen LogP contribution in [0.3, 0.4) is 0 Å². The third-order valence-electron chi connectivity index (χ3n) is 1.60. The Morgan fingerprint density at radius 3 is 2.85 bits per heavy atom. The molecule has 13 heavy (non-hydrogen) atoms. The van der Waals surface area contributed by atoms with Crippen molar-refractivity contribution in [2.75, 3.05) is 0 Å². The zero-order valence-corrected chi connectivity index (χ0v) is 7.64. The van der Waals surface area contributed by atoms with E-state index in [1.165, 1.54) is 4.80 Å². The predicted molar refractivity (Wildman–Crippen MR) is 43.9 cm³/mol. The van der Waals surface area contributed by atoms with Crippen LogP contribution in [-0.2, 0) is 18.3 Å². The van der Waals surface area contributed by atoms with Gasteiger partial charge < -0.3 is 5.11 Å². The number of aromatic nitrogens is 4. The van der Waals surface area contributed by atoms with E-state index in [1.807, 2.05) is 6.92 Å². The van der Waals surface area contributed by atoms with Gasteiger partial charge in [0.25, 0.3) is 0 Å². The van der Waals surface area contributed by atoms with Crippen molar-refractivity contribution in [3.05, 3.63) is 5.82 Å². The van der Waals surface area contributed by atoms with E-state index in [2.05, 4.69) is 15.4 Å². The second-order valence-electron chi connectivity index (χ2n) is 3.10. The summed E-state index contributed by atoms with van der Waals surface area (Å²) in [5.41, 5.74) is 0. The minimum absolute atomic E-state index is 0.0432. The molecule has 1 aromatic rings. The Hall–Kier alpha value is -1.46. The van der Waals surface area contributed by atoms with Gasteiger partial charge in [-0.15, -0.1) is 10.2 Å². The summed E-state index contributed by atoms with van der Waals surface area (Å²) in [4.78, 5) is 11.7. The van der Waals surface area contributed by atoms with Crippen molar-refractivity contribution in [3.63, 3.8) is 0 Å². The number of hydrogen-bond donors (Lipinski definition) is 1. The molecule has 0 saturated heterocycles. The average molecular weight is 184 g/mol. The quantitative estimate of drug-likeness (QED) is 0.704. The number of nitrogens with zero attached hydrogens (tertiary/aromatic N) is 4. The van der Waals surface area contributed by atoms with E-state index in [9.17, 15) is 4.79 Å². The van der Waals surface area contributed by atoms with Crippen LogP contribution in [0.25, 0.3) is 0 Å². The van der Waals surface area contributed by atoms with Crippen LogP contribution in [0.4, 0.5) is 0 Å². The monoisotopic (exact) mass is 184 g/mol. The molecule has 72 valence electrons.